The maximum absolute atomic E-state index is 12.0. The van der Waals surface area contributed by atoms with Gasteiger partial charge in [-0.2, -0.15) is 0 Å². The van der Waals surface area contributed by atoms with Crippen molar-refractivity contribution >= 4 is 23.2 Å². The molecule has 1 unspecified atom stereocenters. The zero-order valence-electron chi connectivity index (χ0n) is 11.0. The van der Waals surface area contributed by atoms with E-state index in [1.54, 1.807) is 18.2 Å². The van der Waals surface area contributed by atoms with Gasteiger partial charge in [-0.3, -0.25) is 4.79 Å². The van der Waals surface area contributed by atoms with Gasteiger partial charge in [-0.25, -0.2) is 0 Å². The lowest BCUT2D eigenvalue weighted by atomic mass is 10.1. The molecular weight excluding hydrogens is 248 g/mol. The van der Waals surface area contributed by atoms with Gasteiger partial charge in [0.2, 0.25) is 0 Å². The number of anilines is 1. The number of benzene rings is 1. The van der Waals surface area contributed by atoms with Gasteiger partial charge in [-0.1, -0.05) is 37.8 Å². The Morgan fingerprint density at radius 1 is 1.44 bits per heavy atom. The van der Waals surface area contributed by atoms with Gasteiger partial charge in [0.05, 0.1) is 10.6 Å². The van der Waals surface area contributed by atoms with Crippen LogP contribution < -0.4 is 11.1 Å². The van der Waals surface area contributed by atoms with Crippen molar-refractivity contribution in [2.45, 2.75) is 45.6 Å². The molecule has 0 fully saturated rings. The summed E-state index contributed by atoms with van der Waals surface area (Å²) in [6, 6.07) is 5.09. The van der Waals surface area contributed by atoms with Gasteiger partial charge in [0.1, 0.15) is 0 Å². The largest absolute Gasteiger partial charge is 0.399 e. The van der Waals surface area contributed by atoms with E-state index in [9.17, 15) is 4.79 Å². The van der Waals surface area contributed by atoms with Crippen molar-refractivity contribution in [2.75, 3.05) is 5.73 Å². The zero-order valence-corrected chi connectivity index (χ0v) is 11.8. The first-order valence-electron chi connectivity index (χ1n) is 6.40. The highest BCUT2D eigenvalue weighted by Gasteiger charge is 2.13. The van der Waals surface area contributed by atoms with Crippen LogP contribution in [0, 0.1) is 0 Å². The molecule has 0 saturated carbocycles. The average Bonchev–Trinajstić information content (AvgIpc) is 2.32. The van der Waals surface area contributed by atoms with Crippen LogP contribution >= 0.6 is 11.6 Å². The second-order valence-electron chi connectivity index (χ2n) is 4.61. The molecule has 1 aromatic carbocycles. The Morgan fingerprint density at radius 3 is 2.83 bits per heavy atom. The summed E-state index contributed by atoms with van der Waals surface area (Å²) in [5.41, 5.74) is 6.64. The predicted molar refractivity (Wildman–Crippen MR) is 76.9 cm³/mol. The molecule has 3 nitrogen and oxygen atoms in total. The van der Waals surface area contributed by atoms with E-state index in [2.05, 4.69) is 12.2 Å². The standard InChI is InChI=1S/C14H21ClN2O/c1-3-4-5-6-10(2)17-14(18)12-9-11(16)7-8-13(12)15/h7-10H,3-6,16H2,1-2H3,(H,17,18). The number of nitrogen functional groups attached to an aromatic ring is 1. The minimum Gasteiger partial charge on any atom is -0.399 e. The van der Waals surface area contributed by atoms with E-state index in [4.69, 9.17) is 17.3 Å². The highest BCUT2D eigenvalue weighted by molar-refractivity contribution is 6.34. The SMILES string of the molecule is CCCCCC(C)NC(=O)c1cc(N)ccc1Cl. The number of nitrogens with two attached hydrogens (primary N) is 1. The van der Waals surface area contributed by atoms with E-state index in [0.29, 0.717) is 16.3 Å². The molecule has 1 amide bonds. The quantitative estimate of drug-likeness (QED) is 0.612. The summed E-state index contributed by atoms with van der Waals surface area (Å²) in [5.74, 6) is -0.156. The third-order valence-electron chi connectivity index (χ3n) is 2.85. The molecule has 0 aliphatic heterocycles. The number of carbonyl (C=O) groups excluding carboxylic acids is 1. The second-order valence-corrected chi connectivity index (χ2v) is 5.02. The number of rotatable bonds is 6. The van der Waals surface area contributed by atoms with Crippen LogP contribution in [0.2, 0.25) is 5.02 Å². The fourth-order valence-corrected chi connectivity index (χ4v) is 1.99. The fraction of sp³-hybridized carbons (Fsp3) is 0.500. The van der Waals surface area contributed by atoms with E-state index in [0.717, 1.165) is 12.8 Å². The lowest BCUT2D eigenvalue weighted by Crippen LogP contribution is -2.32. The first-order valence-corrected chi connectivity index (χ1v) is 6.78. The number of nitrogens with one attached hydrogen (secondary N) is 1. The Morgan fingerprint density at radius 2 is 2.17 bits per heavy atom. The Balaban J connectivity index is 2.56. The second kappa shape index (κ2) is 7.27. The van der Waals surface area contributed by atoms with Crippen LogP contribution in [0.25, 0.3) is 0 Å². The number of unbranched alkanes of at least 4 members (excludes halogenated alkanes) is 2. The molecule has 1 atom stereocenters. The summed E-state index contributed by atoms with van der Waals surface area (Å²) < 4.78 is 0. The minimum absolute atomic E-state index is 0.154. The van der Waals surface area contributed by atoms with Crippen molar-refractivity contribution in [3.8, 4) is 0 Å². The Bertz CT molecular complexity index is 407. The van der Waals surface area contributed by atoms with Crippen molar-refractivity contribution in [2.24, 2.45) is 0 Å². The summed E-state index contributed by atoms with van der Waals surface area (Å²) in [5, 5.41) is 3.38. The molecule has 0 radical (unpaired) electrons. The number of carbonyl (C=O) groups is 1. The number of hydrogen-bond acceptors (Lipinski definition) is 2. The van der Waals surface area contributed by atoms with Gasteiger partial charge < -0.3 is 11.1 Å². The summed E-state index contributed by atoms with van der Waals surface area (Å²) in [4.78, 5) is 12.0. The van der Waals surface area contributed by atoms with Crippen molar-refractivity contribution in [1.29, 1.82) is 0 Å². The molecule has 0 heterocycles. The smallest absolute Gasteiger partial charge is 0.253 e. The van der Waals surface area contributed by atoms with E-state index < -0.39 is 0 Å². The van der Waals surface area contributed by atoms with Crippen molar-refractivity contribution in [1.82, 2.24) is 5.32 Å². The summed E-state index contributed by atoms with van der Waals surface area (Å²) in [6.07, 6.45) is 4.49. The first kappa shape index (κ1) is 14.8. The molecule has 0 spiro atoms. The van der Waals surface area contributed by atoms with Gasteiger partial charge in [0.25, 0.3) is 5.91 Å². The van der Waals surface area contributed by atoms with E-state index in [-0.39, 0.29) is 11.9 Å². The topological polar surface area (TPSA) is 55.1 Å². The molecule has 4 heteroatoms. The molecule has 0 bridgehead atoms. The van der Waals surface area contributed by atoms with Crippen molar-refractivity contribution < 1.29 is 4.79 Å². The molecule has 0 saturated heterocycles. The third kappa shape index (κ3) is 4.57. The molecule has 1 rings (SSSR count). The maximum atomic E-state index is 12.0. The van der Waals surface area contributed by atoms with Gasteiger partial charge in [0, 0.05) is 11.7 Å². The maximum Gasteiger partial charge on any atom is 0.253 e. The fourth-order valence-electron chi connectivity index (χ4n) is 1.79. The van der Waals surface area contributed by atoms with Gasteiger partial charge in [0.15, 0.2) is 0 Å². The Hall–Kier alpha value is -1.22. The predicted octanol–water partition coefficient (Wildman–Crippen LogP) is 3.62. The monoisotopic (exact) mass is 268 g/mol. The Labute approximate surface area is 114 Å². The molecular formula is C14H21ClN2O. The summed E-state index contributed by atoms with van der Waals surface area (Å²) in [6.45, 7) is 4.17. The van der Waals surface area contributed by atoms with Crippen molar-refractivity contribution in [3.05, 3.63) is 28.8 Å². The summed E-state index contributed by atoms with van der Waals surface area (Å²) >= 11 is 5.98. The molecule has 18 heavy (non-hydrogen) atoms. The van der Waals surface area contributed by atoms with Crippen LogP contribution in [0.4, 0.5) is 5.69 Å². The van der Waals surface area contributed by atoms with Crippen LogP contribution in [-0.2, 0) is 0 Å². The highest BCUT2D eigenvalue weighted by Crippen LogP contribution is 2.19. The minimum atomic E-state index is -0.156. The van der Waals surface area contributed by atoms with Crippen LogP contribution in [0.1, 0.15) is 49.9 Å². The lowest BCUT2D eigenvalue weighted by molar-refractivity contribution is 0.0938. The summed E-state index contributed by atoms with van der Waals surface area (Å²) in [7, 11) is 0. The van der Waals surface area contributed by atoms with Gasteiger partial charge in [-0.15, -0.1) is 0 Å². The normalized spacial score (nSPS) is 12.2. The molecule has 100 valence electrons. The van der Waals surface area contributed by atoms with E-state index >= 15 is 0 Å². The van der Waals surface area contributed by atoms with Crippen LogP contribution in [0.15, 0.2) is 18.2 Å². The van der Waals surface area contributed by atoms with Crippen molar-refractivity contribution in [3.63, 3.8) is 0 Å². The number of hydrogen-bond donors (Lipinski definition) is 2. The number of amides is 1. The van der Waals surface area contributed by atoms with Crippen LogP contribution in [-0.4, -0.2) is 11.9 Å². The first-order chi connectivity index (χ1) is 8.54. The molecule has 0 aliphatic carbocycles. The van der Waals surface area contributed by atoms with Gasteiger partial charge in [-0.05, 0) is 31.5 Å². The lowest BCUT2D eigenvalue weighted by Gasteiger charge is -2.14. The number of halogens is 1. The molecule has 3 N–H and O–H groups in total. The molecule has 0 aromatic heterocycles. The third-order valence-corrected chi connectivity index (χ3v) is 3.18. The van der Waals surface area contributed by atoms with Crippen LogP contribution in [0.3, 0.4) is 0 Å². The van der Waals surface area contributed by atoms with Crippen LogP contribution in [0.5, 0.6) is 0 Å². The molecule has 0 aliphatic rings. The van der Waals surface area contributed by atoms with E-state index in [1.807, 2.05) is 6.92 Å². The molecule has 1 aromatic rings. The zero-order chi connectivity index (χ0) is 13.5. The highest BCUT2D eigenvalue weighted by atomic mass is 35.5. The van der Waals surface area contributed by atoms with Gasteiger partial charge >= 0.3 is 0 Å². The Kier molecular flexibility index (Phi) is 5.99. The van der Waals surface area contributed by atoms with E-state index in [1.165, 1.54) is 12.8 Å². The average molecular weight is 269 g/mol.